The van der Waals surface area contributed by atoms with Crippen molar-refractivity contribution >= 4 is 0 Å². The van der Waals surface area contributed by atoms with Crippen molar-refractivity contribution in [2.24, 2.45) is 0 Å². The van der Waals surface area contributed by atoms with E-state index in [1.54, 1.807) is 0 Å². The van der Waals surface area contributed by atoms with Crippen molar-refractivity contribution in [3.8, 4) is 6.19 Å². The first-order chi connectivity index (χ1) is 4.45. The zero-order chi connectivity index (χ0) is 8.20. The van der Waals surface area contributed by atoms with Crippen LogP contribution in [0.25, 0.3) is 0 Å². The van der Waals surface area contributed by atoms with Crippen LogP contribution < -0.4 is 5.32 Å². The highest BCUT2D eigenvalue weighted by atomic mass is 19.4. The molecule has 5 heteroatoms. The summed E-state index contributed by atoms with van der Waals surface area (Å²) in [4.78, 5) is 0. The van der Waals surface area contributed by atoms with Crippen LogP contribution in [0.4, 0.5) is 13.2 Å². The van der Waals surface area contributed by atoms with Gasteiger partial charge in [0.05, 0.1) is 6.42 Å². The minimum Gasteiger partial charge on any atom is -0.321 e. The van der Waals surface area contributed by atoms with Crippen LogP contribution in [0.15, 0.2) is 0 Å². The van der Waals surface area contributed by atoms with E-state index in [1.165, 1.54) is 13.1 Å². The summed E-state index contributed by atoms with van der Waals surface area (Å²) in [7, 11) is 0. The maximum absolute atomic E-state index is 11.5. The van der Waals surface area contributed by atoms with Gasteiger partial charge in [0.15, 0.2) is 6.19 Å². The molecule has 0 amide bonds. The maximum Gasteiger partial charge on any atom is 0.391 e. The van der Waals surface area contributed by atoms with Crippen LogP contribution in [0.3, 0.4) is 0 Å². The molecule has 0 saturated carbocycles. The molecule has 0 aliphatic heterocycles. The molecule has 0 aliphatic rings. The molecule has 1 unspecified atom stereocenters. The SMILES string of the molecule is CC(CC(F)(F)F)NC#N. The number of nitriles is 1. The topological polar surface area (TPSA) is 35.8 Å². The molecule has 0 aromatic heterocycles. The molecule has 0 aromatic rings. The number of nitrogens with one attached hydrogen (secondary N) is 1. The first-order valence-corrected chi connectivity index (χ1v) is 2.67. The van der Waals surface area contributed by atoms with Crippen LogP contribution >= 0.6 is 0 Å². The average Bonchev–Trinajstić information content (AvgIpc) is 1.59. The standard InChI is InChI=1S/C5H7F3N2/c1-4(10-3-9)2-5(6,7)8/h4,10H,2H2,1H3. The van der Waals surface area contributed by atoms with Crippen molar-refractivity contribution in [2.75, 3.05) is 0 Å². The van der Waals surface area contributed by atoms with Gasteiger partial charge in [-0.15, -0.1) is 0 Å². The summed E-state index contributed by atoms with van der Waals surface area (Å²) >= 11 is 0. The monoisotopic (exact) mass is 152 g/mol. The van der Waals surface area contributed by atoms with Crippen molar-refractivity contribution in [1.82, 2.24) is 5.32 Å². The van der Waals surface area contributed by atoms with Crippen molar-refractivity contribution in [2.45, 2.75) is 25.6 Å². The van der Waals surface area contributed by atoms with Gasteiger partial charge in [-0.3, -0.25) is 0 Å². The molecular formula is C5H7F3N2. The molecule has 0 aliphatic carbocycles. The second-order valence-corrected chi connectivity index (χ2v) is 1.98. The van der Waals surface area contributed by atoms with Crippen molar-refractivity contribution in [3.63, 3.8) is 0 Å². The van der Waals surface area contributed by atoms with E-state index in [9.17, 15) is 13.2 Å². The summed E-state index contributed by atoms with van der Waals surface area (Å²) in [6.45, 7) is 1.30. The minimum absolute atomic E-state index is 0.829. The Hall–Kier alpha value is -0.920. The lowest BCUT2D eigenvalue weighted by molar-refractivity contribution is -0.138. The van der Waals surface area contributed by atoms with Gasteiger partial charge >= 0.3 is 6.18 Å². The van der Waals surface area contributed by atoms with Crippen LogP contribution in [-0.2, 0) is 0 Å². The first-order valence-electron chi connectivity index (χ1n) is 2.67. The predicted octanol–water partition coefficient (Wildman–Crippen LogP) is 1.40. The summed E-state index contributed by atoms with van der Waals surface area (Å²) in [6, 6.07) is -0.829. The Bertz CT molecular complexity index is 135. The molecule has 2 nitrogen and oxygen atoms in total. The Labute approximate surface area is 56.6 Å². The molecule has 58 valence electrons. The minimum atomic E-state index is -4.19. The zero-order valence-corrected chi connectivity index (χ0v) is 5.37. The number of rotatable bonds is 2. The predicted molar refractivity (Wildman–Crippen MR) is 28.9 cm³/mol. The molecule has 10 heavy (non-hydrogen) atoms. The Kier molecular flexibility index (Phi) is 3.00. The highest BCUT2D eigenvalue weighted by Crippen LogP contribution is 2.20. The molecule has 0 bridgehead atoms. The van der Waals surface area contributed by atoms with Crippen LogP contribution in [-0.4, -0.2) is 12.2 Å². The summed E-state index contributed by atoms with van der Waals surface area (Å²) in [5.74, 6) is 0. The van der Waals surface area contributed by atoms with E-state index in [4.69, 9.17) is 5.26 Å². The smallest absolute Gasteiger partial charge is 0.321 e. The Morgan fingerprint density at radius 3 is 2.40 bits per heavy atom. The van der Waals surface area contributed by atoms with E-state index in [2.05, 4.69) is 0 Å². The third-order valence-electron chi connectivity index (χ3n) is 0.849. The fourth-order valence-electron chi connectivity index (χ4n) is 0.508. The first kappa shape index (κ1) is 9.08. The molecule has 0 fully saturated rings. The van der Waals surface area contributed by atoms with Crippen molar-refractivity contribution in [1.29, 1.82) is 5.26 Å². The van der Waals surface area contributed by atoms with Gasteiger partial charge in [-0.25, -0.2) is 0 Å². The lowest BCUT2D eigenvalue weighted by atomic mass is 10.2. The number of hydrogen-bond donors (Lipinski definition) is 1. The second kappa shape index (κ2) is 3.30. The molecule has 0 aromatic carbocycles. The molecule has 1 atom stereocenters. The van der Waals surface area contributed by atoms with Gasteiger partial charge in [0, 0.05) is 6.04 Å². The highest BCUT2D eigenvalue weighted by Gasteiger charge is 2.29. The molecule has 0 rings (SSSR count). The molecule has 0 heterocycles. The second-order valence-electron chi connectivity index (χ2n) is 1.98. The Morgan fingerprint density at radius 2 is 2.10 bits per heavy atom. The third kappa shape index (κ3) is 5.22. The molecular weight excluding hydrogens is 145 g/mol. The third-order valence-corrected chi connectivity index (χ3v) is 0.849. The number of hydrogen-bond acceptors (Lipinski definition) is 2. The van der Waals surface area contributed by atoms with Crippen molar-refractivity contribution in [3.05, 3.63) is 0 Å². The largest absolute Gasteiger partial charge is 0.391 e. The summed E-state index contributed by atoms with van der Waals surface area (Å²) in [6.07, 6.45) is -3.72. The quantitative estimate of drug-likeness (QED) is 0.479. The van der Waals surface area contributed by atoms with Gasteiger partial charge in [-0.05, 0) is 6.92 Å². The molecule has 1 N–H and O–H groups in total. The summed E-state index contributed by atoms with van der Waals surface area (Å²) in [5.41, 5.74) is 0. The van der Waals surface area contributed by atoms with E-state index < -0.39 is 18.6 Å². The average molecular weight is 152 g/mol. The number of nitrogens with zero attached hydrogens (tertiary/aromatic N) is 1. The zero-order valence-electron chi connectivity index (χ0n) is 5.37. The van der Waals surface area contributed by atoms with Gasteiger partial charge in [0.1, 0.15) is 0 Å². The molecule has 0 saturated heterocycles. The van der Waals surface area contributed by atoms with Gasteiger partial charge in [-0.1, -0.05) is 0 Å². The van der Waals surface area contributed by atoms with Gasteiger partial charge in [0.2, 0.25) is 0 Å². The van der Waals surface area contributed by atoms with Crippen molar-refractivity contribution < 1.29 is 13.2 Å². The van der Waals surface area contributed by atoms with E-state index in [1.807, 2.05) is 5.32 Å². The number of halogens is 3. The van der Waals surface area contributed by atoms with Gasteiger partial charge in [0.25, 0.3) is 0 Å². The van der Waals surface area contributed by atoms with Crippen LogP contribution in [0.2, 0.25) is 0 Å². The summed E-state index contributed by atoms with van der Waals surface area (Å²) in [5, 5.41) is 9.89. The fourth-order valence-corrected chi connectivity index (χ4v) is 0.508. The maximum atomic E-state index is 11.5. The van der Waals surface area contributed by atoms with E-state index in [-0.39, 0.29) is 0 Å². The lowest BCUT2D eigenvalue weighted by Gasteiger charge is -2.10. The van der Waals surface area contributed by atoms with E-state index in [0.717, 1.165) is 0 Å². The lowest BCUT2D eigenvalue weighted by Crippen LogP contribution is -2.27. The van der Waals surface area contributed by atoms with Crippen LogP contribution in [0.5, 0.6) is 0 Å². The number of alkyl halides is 3. The van der Waals surface area contributed by atoms with Crippen LogP contribution in [0.1, 0.15) is 13.3 Å². The normalized spacial score (nSPS) is 13.9. The van der Waals surface area contributed by atoms with Gasteiger partial charge < -0.3 is 5.32 Å². The molecule has 0 spiro atoms. The fraction of sp³-hybridized carbons (Fsp3) is 0.800. The Balaban J connectivity index is 3.60. The Morgan fingerprint density at radius 1 is 1.60 bits per heavy atom. The van der Waals surface area contributed by atoms with Crippen LogP contribution in [0, 0.1) is 11.5 Å². The van der Waals surface area contributed by atoms with E-state index in [0.29, 0.717) is 0 Å². The van der Waals surface area contributed by atoms with Gasteiger partial charge in [-0.2, -0.15) is 18.4 Å². The molecule has 0 radical (unpaired) electrons. The summed E-state index contributed by atoms with van der Waals surface area (Å²) < 4.78 is 34.4. The highest BCUT2D eigenvalue weighted by molar-refractivity contribution is 4.74. The van der Waals surface area contributed by atoms with E-state index >= 15 is 0 Å².